The number of carbonyl (C=O) groups excluding carboxylic acids is 1. The topological polar surface area (TPSA) is 84.5 Å². The summed E-state index contributed by atoms with van der Waals surface area (Å²) in [5.74, 6) is 0.000761. The van der Waals surface area contributed by atoms with Gasteiger partial charge >= 0.3 is 0 Å². The van der Waals surface area contributed by atoms with Crippen LogP contribution in [0.5, 0.6) is 5.75 Å². The van der Waals surface area contributed by atoms with Gasteiger partial charge in [-0.1, -0.05) is 55.3 Å². The minimum absolute atomic E-state index is 0.00140. The number of halogens is 1. The van der Waals surface area contributed by atoms with Gasteiger partial charge in [0.15, 0.2) is 6.61 Å². The van der Waals surface area contributed by atoms with Gasteiger partial charge in [-0.05, 0) is 49.9 Å². The standard InChI is InChI=1S/C22H29ClN2O4S/c1-3-4-14-24-30(27,28)19-12-13-21(20(23)15-19)29-16-22(26)25-17(2)10-11-18-8-6-5-7-9-18/h5-9,12-13,15,17,24H,3-4,10-11,14,16H2,1-2H3,(H,25,26)/t17-/m0/s1. The quantitative estimate of drug-likeness (QED) is 0.478. The van der Waals surface area contributed by atoms with Crippen molar-refractivity contribution in [3.63, 3.8) is 0 Å². The van der Waals surface area contributed by atoms with E-state index >= 15 is 0 Å². The Balaban J connectivity index is 1.82. The Hall–Kier alpha value is -2.09. The molecule has 0 saturated carbocycles. The van der Waals surface area contributed by atoms with E-state index in [-0.39, 0.29) is 34.2 Å². The van der Waals surface area contributed by atoms with Crippen LogP contribution >= 0.6 is 11.6 Å². The molecule has 164 valence electrons. The Kier molecular flexibility index (Phi) is 9.62. The lowest BCUT2D eigenvalue weighted by atomic mass is 10.1. The number of sulfonamides is 1. The van der Waals surface area contributed by atoms with Gasteiger partial charge in [-0.15, -0.1) is 0 Å². The number of nitrogens with one attached hydrogen (secondary N) is 2. The Morgan fingerprint density at radius 2 is 1.90 bits per heavy atom. The van der Waals surface area contributed by atoms with E-state index in [4.69, 9.17) is 16.3 Å². The second-order valence-electron chi connectivity index (χ2n) is 7.13. The van der Waals surface area contributed by atoms with E-state index in [1.165, 1.54) is 23.8 Å². The van der Waals surface area contributed by atoms with Gasteiger partial charge in [0.1, 0.15) is 5.75 Å². The molecule has 0 heterocycles. The molecule has 1 atom stereocenters. The first-order chi connectivity index (χ1) is 14.3. The third-order valence-corrected chi connectivity index (χ3v) is 6.27. The molecular weight excluding hydrogens is 424 g/mol. The monoisotopic (exact) mass is 452 g/mol. The van der Waals surface area contributed by atoms with Crippen LogP contribution in [0.1, 0.15) is 38.7 Å². The number of unbranched alkanes of at least 4 members (excludes halogenated alkanes) is 1. The van der Waals surface area contributed by atoms with Crippen LogP contribution in [0.4, 0.5) is 0 Å². The SMILES string of the molecule is CCCCNS(=O)(=O)c1ccc(OCC(=O)N[C@@H](C)CCc2ccccc2)c(Cl)c1. The molecule has 0 spiro atoms. The van der Waals surface area contributed by atoms with Crippen LogP contribution in [0.25, 0.3) is 0 Å². The number of hydrogen-bond donors (Lipinski definition) is 2. The minimum Gasteiger partial charge on any atom is -0.482 e. The first-order valence-corrected chi connectivity index (χ1v) is 11.9. The largest absolute Gasteiger partial charge is 0.482 e. The molecule has 0 unspecified atom stereocenters. The van der Waals surface area contributed by atoms with Crippen molar-refractivity contribution in [2.24, 2.45) is 0 Å². The summed E-state index contributed by atoms with van der Waals surface area (Å²) in [6, 6.07) is 14.3. The molecule has 0 aliphatic carbocycles. The molecule has 8 heteroatoms. The van der Waals surface area contributed by atoms with Crippen molar-refractivity contribution in [2.75, 3.05) is 13.2 Å². The molecule has 0 aromatic heterocycles. The van der Waals surface area contributed by atoms with Crippen molar-refractivity contribution in [1.82, 2.24) is 10.0 Å². The van der Waals surface area contributed by atoms with Gasteiger partial charge in [0.05, 0.1) is 9.92 Å². The third kappa shape index (κ3) is 7.97. The first kappa shape index (κ1) is 24.2. The van der Waals surface area contributed by atoms with Crippen LogP contribution in [-0.4, -0.2) is 33.5 Å². The van der Waals surface area contributed by atoms with Gasteiger partial charge in [0.2, 0.25) is 10.0 Å². The van der Waals surface area contributed by atoms with Crippen LogP contribution in [-0.2, 0) is 21.2 Å². The number of ether oxygens (including phenoxy) is 1. The molecule has 2 N–H and O–H groups in total. The highest BCUT2D eigenvalue weighted by Gasteiger charge is 2.16. The lowest BCUT2D eigenvalue weighted by molar-refractivity contribution is -0.123. The maximum absolute atomic E-state index is 12.2. The normalized spacial score (nSPS) is 12.4. The summed E-state index contributed by atoms with van der Waals surface area (Å²) in [6.45, 7) is 4.10. The number of rotatable bonds is 12. The van der Waals surface area contributed by atoms with Crippen molar-refractivity contribution in [3.05, 3.63) is 59.1 Å². The Morgan fingerprint density at radius 3 is 2.57 bits per heavy atom. The molecule has 0 radical (unpaired) electrons. The molecule has 0 bridgehead atoms. The van der Waals surface area contributed by atoms with Crippen molar-refractivity contribution in [3.8, 4) is 5.75 Å². The van der Waals surface area contributed by atoms with Gasteiger partial charge in [0.25, 0.3) is 5.91 Å². The summed E-state index contributed by atoms with van der Waals surface area (Å²) in [5, 5.41) is 3.03. The maximum atomic E-state index is 12.2. The minimum atomic E-state index is -3.62. The fraction of sp³-hybridized carbons (Fsp3) is 0.409. The summed E-state index contributed by atoms with van der Waals surface area (Å²) in [6.07, 6.45) is 3.33. The number of aryl methyl sites for hydroxylation is 1. The van der Waals surface area contributed by atoms with E-state index in [0.717, 1.165) is 25.7 Å². The zero-order valence-corrected chi connectivity index (χ0v) is 18.9. The molecule has 2 aromatic rings. The number of hydrogen-bond acceptors (Lipinski definition) is 4. The zero-order chi connectivity index (χ0) is 22.0. The van der Waals surface area contributed by atoms with Crippen molar-refractivity contribution >= 4 is 27.5 Å². The second kappa shape index (κ2) is 11.9. The molecule has 2 aromatic carbocycles. The van der Waals surface area contributed by atoms with E-state index in [1.807, 2.05) is 32.0 Å². The summed E-state index contributed by atoms with van der Waals surface area (Å²) >= 11 is 6.15. The van der Waals surface area contributed by atoms with Gasteiger partial charge in [-0.3, -0.25) is 4.79 Å². The maximum Gasteiger partial charge on any atom is 0.258 e. The van der Waals surface area contributed by atoms with Crippen LogP contribution in [0, 0.1) is 0 Å². The molecule has 1 amide bonds. The Morgan fingerprint density at radius 1 is 1.17 bits per heavy atom. The van der Waals surface area contributed by atoms with Crippen LogP contribution in [0.15, 0.2) is 53.4 Å². The summed E-state index contributed by atoms with van der Waals surface area (Å²) in [5.41, 5.74) is 1.22. The summed E-state index contributed by atoms with van der Waals surface area (Å²) in [4.78, 5) is 12.2. The predicted molar refractivity (Wildman–Crippen MR) is 119 cm³/mol. The van der Waals surface area contributed by atoms with E-state index in [0.29, 0.717) is 6.54 Å². The van der Waals surface area contributed by atoms with E-state index < -0.39 is 10.0 Å². The molecule has 30 heavy (non-hydrogen) atoms. The summed E-state index contributed by atoms with van der Waals surface area (Å²) in [7, 11) is -3.62. The lowest BCUT2D eigenvalue weighted by Gasteiger charge is -2.15. The van der Waals surface area contributed by atoms with E-state index in [2.05, 4.69) is 22.2 Å². The highest BCUT2D eigenvalue weighted by atomic mass is 35.5. The van der Waals surface area contributed by atoms with E-state index in [1.54, 1.807) is 0 Å². The lowest BCUT2D eigenvalue weighted by Crippen LogP contribution is -2.36. The zero-order valence-electron chi connectivity index (χ0n) is 17.4. The van der Waals surface area contributed by atoms with Crippen molar-refractivity contribution < 1.29 is 17.9 Å². The van der Waals surface area contributed by atoms with Crippen molar-refractivity contribution in [2.45, 2.75) is 50.5 Å². The molecule has 0 aliphatic rings. The second-order valence-corrected chi connectivity index (χ2v) is 9.30. The molecule has 0 fully saturated rings. The van der Waals surface area contributed by atoms with Crippen LogP contribution < -0.4 is 14.8 Å². The van der Waals surface area contributed by atoms with Crippen LogP contribution in [0.2, 0.25) is 5.02 Å². The fourth-order valence-corrected chi connectivity index (χ4v) is 4.19. The molecular formula is C22H29ClN2O4S. The van der Waals surface area contributed by atoms with Crippen LogP contribution in [0.3, 0.4) is 0 Å². The summed E-state index contributed by atoms with van der Waals surface area (Å²) < 4.78 is 32.5. The van der Waals surface area contributed by atoms with Gasteiger partial charge < -0.3 is 10.1 Å². The highest BCUT2D eigenvalue weighted by molar-refractivity contribution is 7.89. The molecule has 0 aliphatic heterocycles. The van der Waals surface area contributed by atoms with Gasteiger partial charge in [-0.2, -0.15) is 0 Å². The molecule has 0 saturated heterocycles. The van der Waals surface area contributed by atoms with Gasteiger partial charge in [-0.25, -0.2) is 13.1 Å². The Bertz CT molecular complexity index is 920. The average molecular weight is 453 g/mol. The molecule has 2 rings (SSSR count). The average Bonchev–Trinajstić information content (AvgIpc) is 2.72. The van der Waals surface area contributed by atoms with Crippen molar-refractivity contribution in [1.29, 1.82) is 0 Å². The number of carbonyl (C=O) groups is 1. The molecule has 6 nitrogen and oxygen atoms in total. The Labute approximate surface area is 184 Å². The number of amides is 1. The predicted octanol–water partition coefficient (Wildman–Crippen LogP) is 3.93. The number of benzene rings is 2. The fourth-order valence-electron chi connectivity index (χ4n) is 2.79. The van der Waals surface area contributed by atoms with Gasteiger partial charge in [0, 0.05) is 12.6 Å². The highest BCUT2D eigenvalue weighted by Crippen LogP contribution is 2.27. The third-order valence-electron chi connectivity index (χ3n) is 4.51. The first-order valence-electron chi connectivity index (χ1n) is 10.1. The smallest absolute Gasteiger partial charge is 0.258 e. The van der Waals surface area contributed by atoms with E-state index in [9.17, 15) is 13.2 Å².